The molecular formula is C25H29BrN4O3. The summed E-state index contributed by atoms with van der Waals surface area (Å²) in [5.74, 6) is 1.21. The van der Waals surface area contributed by atoms with E-state index in [1.807, 2.05) is 41.3 Å². The summed E-state index contributed by atoms with van der Waals surface area (Å²) < 4.78 is 6.97. The first-order valence-electron chi connectivity index (χ1n) is 11.3. The van der Waals surface area contributed by atoms with Gasteiger partial charge in [-0.1, -0.05) is 34.1 Å². The molecule has 7 nitrogen and oxygen atoms in total. The number of hydrogen-bond acceptors (Lipinski definition) is 5. The Balaban J connectivity index is 1.41. The molecule has 1 fully saturated rings. The number of piperidine rings is 1. The Hall–Kier alpha value is -2.71. The maximum atomic E-state index is 12.8. The zero-order valence-electron chi connectivity index (χ0n) is 18.5. The summed E-state index contributed by atoms with van der Waals surface area (Å²) in [6, 6.07) is 9.70. The van der Waals surface area contributed by atoms with Gasteiger partial charge in [0, 0.05) is 55.0 Å². The normalized spacial score (nSPS) is 22.1. The molecule has 2 amide bonds. The standard InChI is InChI=1S/C25H29BrN4O3/c26-22-5-6-23-21(11-22)15-28-16-25(32)30-9-7-19(20(17-30)4-2-10-33-23)12-24(31)29-14-18-3-1-8-27-13-18/h1-6,8,11,13,19-20,28H,7,9-10,12,14-17H2,(H,29,31)/b4-2+/t19-,20-/m0/s1. The smallest absolute Gasteiger partial charge is 0.236 e. The van der Waals surface area contributed by atoms with Crippen molar-refractivity contribution in [2.75, 3.05) is 26.2 Å². The largest absolute Gasteiger partial charge is 0.489 e. The van der Waals surface area contributed by atoms with Gasteiger partial charge in [-0.3, -0.25) is 14.6 Å². The summed E-state index contributed by atoms with van der Waals surface area (Å²) in [5, 5.41) is 6.25. The Morgan fingerprint density at radius 2 is 2.21 bits per heavy atom. The Morgan fingerprint density at radius 3 is 3.06 bits per heavy atom. The number of carbonyl (C=O) groups is 2. The van der Waals surface area contributed by atoms with Crippen LogP contribution in [-0.4, -0.2) is 47.9 Å². The van der Waals surface area contributed by atoms with Gasteiger partial charge in [0.1, 0.15) is 12.4 Å². The van der Waals surface area contributed by atoms with Gasteiger partial charge in [0.05, 0.1) is 6.54 Å². The number of nitrogens with zero attached hydrogens (tertiary/aromatic N) is 2. The number of rotatable bonds is 4. The van der Waals surface area contributed by atoms with Crippen molar-refractivity contribution in [1.82, 2.24) is 20.5 Å². The van der Waals surface area contributed by atoms with E-state index < -0.39 is 0 Å². The van der Waals surface area contributed by atoms with E-state index in [9.17, 15) is 9.59 Å². The van der Waals surface area contributed by atoms with E-state index >= 15 is 0 Å². The fraction of sp³-hybridized carbons (Fsp3) is 0.400. The average molecular weight is 513 g/mol. The molecule has 2 N–H and O–H groups in total. The number of hydrogen-bond donors (Lipinski definition) is 2. The quantitative estimate of drug-likeness (QED) is 0.615. The van der Waals surface area contributed by atoms with Gasteiger partial charge in [0.25, 0.3) is 0 Å². The van der Waals surface area contributed by atoms with Crippen LogP contribution >= 0.6 is 15.9 Å². The number of benzene rings is 1. The Morgan fingerprint density at radius 1 is 1.30 bits per heavy atom. The highest BCUT2D eigenvalue weighted by Gasteiger charge is 2.31. The van der Waals surface area contributed by atoms with Crippen molar-refractivity contribution in [3.63, 3.8) is 0 Å². The maximum Gasteiger partial charge on any atom is 0.236 e. The van der Waals surface area contributed by atoms with Crippen molar-refractivity contribution in [1.29, 1.82) is 0 Å². The lowest BCUT2D eigenvalue weighted by molar-refractivity contribution is -0.132. The Labute approximate surface area is 202 Å². The monoisotopic (exact) mass is 512 g/mol. The molecule has 8 heteroatoms. The van der Waals surface area contributed by atoms with E-state index in [-0.39, 0.29) is 30.2 Å². The topological polar surface area (TPSA) is 83.6 Å². The van der Waals surface area contributed by atoms with Crippen molar-refractivity contribution in [3.05, 3.63) is 70.5 Å². The third kappa shape index (κ3) is 6.65. The number of nitrogens with one attached hydrogen (secondary N) is 2. The zero-order valence-corrected chi connectivity index (χ0v) is 20.1. The molecule has 0 aliphatic carbocycles. The van der Waals surface area contributed by atoms with Crippen LogP contribution in [0.25, 0.3) is 0 Å². The molecule has 1 saturated heterocycles. The Bertz CT molecular complexity index is 998. The van der Waals surface area contributed by atoms with E-state index in [4.69, 9.17) is 4.74 Å². The number of aromatic nitrogens is 1. The summed E-state index contributed by atoms with van der Waals surface area (Å²) in [6.45, 7) is 3.04. The number of ether oxygens (including phenoxy) is 1. The Kier molecular flexibility index (Phi) is 8.12. The number of fused-ring (bicyclic) bond motifs is 3. The van der Waals surface area contributed by atoms with E-state index in [1.54, 1.807) is 12.4 Å². The van der Waals surface area contributed by atoms with Gasteiger partial charge in [0.2, 0.25) is 11.8 Å². The molecule has 4 rings (SSSR count). The fourth-order valence-electron chi connectivity index (χ4n) is 4.35. The molecule has 0 unspecified atom stereocenters. The zero-order chi connectivity index (χ0) is 23.0. The van der Waals surface area contributed by atoms with Crippen LogP contribution in [0.2, 0.25) is 0 Å². The number of pyridine rings is 1. The fourth-order valence-corrected chi connectivity index (χ4v) is 4.76. The SMILES string of the molecule is O=C(C[C@@H]1CCN2C[C@@H]1/C=C/COc1ccc(Br)cc1CNCC2=O)NCc1cccnc1. The van der Waals surface area contributed by atoms with Crippen molar-refractivity contribution in [2.45, 2.75) is 25.9 Å². The van der Waals surface area contributed by atoms with Gasteiger partial charge in [-0.25, -0.2) is 0 Å². The van der Waals surface area contributed by atoms with Gasteiger partial charge in [-0.2, -0.15) is 0 Å². The van der Waals surface area contributed by atoms with Gasteiger partial charge in [0.15, 0.2) is 0 Å². The van der Waals surface area contributed by atoms with Crippen LogP contribution in [0.4, 0.5) is 0 Å². The second-order valence-corrected chi connectivity index (χ2v) is 9.40. The van der Waals surface area contributed by atoms with Crippen LogP contribution < -0.4 is 15.4 Å². The van der Waals surface area contributed by atoms with Crippen LogP contribution in [0.15, 0.2) is 59.4 Å². The van der Waals surface area contributed by atoms with Crippen LogP contribution in [-0.2, 0) is 22.7 Å². The van der Waals surface area contributed by atoms with Crippen molar-refractivity contribution in [2.24, 2.45) is 11.8 Å². The summed E-state index contributed by atoms with van der Waals surface area (Å²) in [6.07, 6.45) is 8.84. The highest BCUT2D eigenvalue weighted by atomic mass is 79.9. The molecule has 174 valence electrons. The molecule has 0 spiro atoms. The molecule has 2 atom stereocenters. The predicted octanol–water partition coefficient (Wildman–Crippen LogP) is 3.05. The van der Waals surface area contributed by atoms with E-state index in [2.05, 4.69) is 37.6 Å². The van der Waals surface area contributed by atoms with Gasteiger partial charge in [-0.05, 0) is 48.1 Å². The van der Waals surface area contributed by atoms with Crippen LogP contribution in [0.1, 0.15) is 24.0 Å². The van der Waals surface area contributed by atoms with Gasteiger partial charge < -0.3 is 20.3 Å². The summed E-state index contributed by atoms with van der Waals surface area (Å²) in [5.41, 5.74) is 1.98. The van der Waals surface area contributed by atoms with Crippen molar-refractivity contribution >= 4 is 27.7 Å². The molecule has 0 radical (unpaired) electrons. The molecule has 1 aromatic heterocycles. The molecule has 33 heavy (non-hydrogen) atoms. The van der Waals surface area contributed by atoms with Crippen LogP contribution in [0, 0.1) is 11.8 Å². The van der Waals surface area contributed by atoms with E-state index in [0.29, 0.717) is 39.2 Å². The second kappa shape index (κ2) is 11.4. The van der Waals surface area contributed by atoms with Crippen molar-refractivity contribution in [3.8, 4) is 5.75 Å². The third-order valence-electron chi connectivity index (χ3n) is 6.15. The molecule has 0 saturated carbocycles. The summed E-state index contributed by atoms with van der Waals surface area (Å²) in [7, 11) is 0. The third-order valence-corrected chi connectivity index (χ3v) is 6.65. The number of carbonyl (C=O) groups excluding carboxylic acids is 2. The van der Waals surface area contributed by atoms with E-state index in [0.717, 1.165) is 27.8 Å². The molecule has 2 aliphatic heterocycles. The highest BCUT2D eigenvalue weighted by molar-refractivity contribution is 9.10. The number of amides is 2. The first-order chi connectivity index (χ1) is 16.1. The molecule has 1 aromatic carbocycles. The highest BCUT2D eigenvalue weighted by Crippen LogP contribution is 2.29. The van der Waals surface area contributed by atoms with Crippen LogP contribution in [0.5, 0.6) is 5.75 Å². The molecular weight excluding hydrogens is 484 g/mol. The lowest BCUT2D eigenvalue weighted by atomic mass is 9.82. The second-order valence-electron chi connectivity index (χ2n) is 8.49. The van der Waals surface area contributed by atoms with Crippen LogP contribution in [0.3, 0.4) is 0 Å². The first-order valence-corrected chi connectivity index (χ1v) is 12.1. The molecule has 3 heterocycles. The minimum atomic E-state index is 0.0253. The lowest BCUT2D eigenvalue weighted by Gasteiger charge is -2.37. The average Bonchev–Trinajstić information content (AvgIpc) is 2.83. The minimum Gasteiger partial charge on any atom is -0.489 e. The molecule has 2 aliphatic rings. The van der Waals surface area contributed by atoms with Crippen molar-refractivity contribution < 1.29 is 14.3 Å². The minimum absolute atomic E-state index is 0.0253. The summed E-state index contributed by atoms with van der Waals surface area (Å²) in [4.78, 5) is 31.4. The summed E-state index contributed by atoms with van der Waals surface area (Å²) >= 11 is 3.50. The maximum absolute atomic E-state index is 12.8. The first kappa shape index (κ1) is 23.4. The molecule has 2 bridgehead atoms. The van der Waals surface area contributed by atoms with Gasteiger partial charge >= 0.3 is 0 Å². The van der Waals surface area contributed by atoms with Gasteiger partial charge in [-0.15, -0.1) is 0 Å². The number of halogens is 1. The predicted molar refractivity (Wildman–Crippen MR) is 129 cm³/mol. The lowest BCUT2D eigenvalue weighted by Crippen LogP contribution is -2.47. The molecule has 2 aromatic rings. The van der Waals surface area contributed by atoms with E-state index in [1.165, 1.54) is 0 Å².